The van der Waals surface area contributed by atoms with E-state index in [-0.39, 0.29) is 11.3 Å². The molecule has 7 nitrogen and oxygen atoms in total. The van der Waals surface area contributed by atoms with E-state index in [1.807, 2.05) is 31.2 Å². The van der Waals surface area contributed by atoms with Crippen LogP contribution in [0.25, 0.3) is 0 Å². The quantitative estimate of drug-likeness (QED) is 0.485. The summed E-state index contributed by atoms with van der Waals surface area (Å²) in [5.41, 5.74) is 1.99. The first-order valence-electron chi connectivity index (χ1n) is 10.1. The molecular formula is C22H25IN2O5S. The summed E-state index contributed by atoms with van der Waals surface area (Å²) in [5.74, 6) is -2.07. The van der Waals surface area contributed by atoms with Crippen LogP contribution in [0.1, 0.15) is 37.3 Å². The van der Waals surface area contributed by atoms with Crippen molar-refractivity contribution in [2.24, 2.45) is 0 Å². The second-order valence-electron chi connectivity index (χ2n) is 7.50. The molecule has 2 aromatic carbocycles. The molecule has 0 radical (unpaired) electrons. The van der Waals surface area contributed by atoms with Crippen molar-refractivity contribution in [2.45, 2.75) is 56.1 Å². The van der Waals surface area contributed by atoms with Gasteiger partial charge in [-0.25, -0.2) is 17.5 Å². The fourth-order valence-corrected chi connectivity index (χ4v) is 5.64. The third-order valence-corrected chi connectivity index (χ3v) is 7.91. The lowest BCUT2D eigenvalue weighted by Gasteiger charge is -2.33. The van der Waals surface area contributed by atoms with Crippen LogP contribution in [0.2, 0.25) is 0 Å². The number of carboxylic acid groups (broad SMARTS) is 1. The van der Waals surface area contributed by atoms with Gasteiger partial charge < -0.3 is 10.4 Å². The van der Waals surface area contributed by atoms with Crippen molar-refractivity contribution < 1.29 is 23.1 Å². The molecule has 31 heavy (non-hydrogen) atoms. The van der Waals surface area contributed by atoms with E-state index in [1.54, 1.807) is 12.1 Å². The van der Waals surface area contributed by atoms with Gasteiger partial charge >= 0.3 is 5.97 Å². The predicted molar refractivity (Wildman–Crippen MR) is 125 cm³/mol. The zero-order chi connectivity index (χ0) is 22.6. The maximum atomic E-state index is 13.5. The minimum absolute atomic E-state index is 0.0600. The molecule has 0 spiro atoms. The highest BCUT2D eigenvalue weighted by atomic mass is 127. The molecule has 1 amide bonds. The van der Waals surface area contributed by atoms with Crippen molar-refractivity contribution in [3.05, 3.63) is 63.2 Å². The van der Waals surface area contributed by atoms with E-state index in [4.69, 9.17) is 0 Å². The van der Waals surface area contributed by atoms with E-state index in [0.29, 0.717) is 30.1 Å². The van der Waals surface area contributed by atoms with Crippen LogP contribution in [0.15, 0.2) is 53.4 Å². The third-order valence-electron chi connectivity index (χ3n) is 5.37. The number of unbranched alkanes of at least 4 members (excludes halogenated alkanes) is 1. The van der Waals surface area contributed by atoms with Crippen LogP contribution in [-0.2, 0) is 32.6 Å². The van der Waals surface area contributed by atoms with E-state index >= 15 is 0 Å². The number of benzene rings is 2. The first-order chi connectivity index (χ1) is 14.8. The monoisotopic (exact) mass is 556 g/mol. The number of halogens is 1. The molecule has 3 rings (SSSR count). The number of carbonyl (C=O) groups is 2. The van der Waals surface area contributed by atoms with E-state index in [0.717, 1.165) is 14.7 Å². The maximum absolute atomic E-state index is 13.5. The maximum Gasteiger partial charge on any atom is 0.327 e. The van der Waals surface area contributed by atoms with Crippen molar-refractivity contribution in [1.29, 1.82) is 0 Å². The van der Waals surface area contributed by atoms with Gasteiger partial charge in [0.25, 0.3) is 15.9 Å². The van der Waals surface area contributed by atoms with Gasteiger partial charge in [0, 0.05) is 10.1 Å². The summed E-state index contributed by atoms with van der Waals surface area (Å²) in [6, 6.07) is 11.4. The van der Waals surface area contributed by atoms with Crippen molar-refractivity contribution in [3.8, 4) is 0 Å². The lowest BCUT2D eigenvalue weighted by molar-refractivity contribution is -0.147. The van der Waals surface area contributed by atoms with Gasteiger partial charge in [0.2, 0.25) is 0 Å². The molecule has 0 fully saturated rings. The average molecular weight is 556 g/mol. The van der Waals surface area contributed by atoms with Gasteiger partial charge in [0.1, 0.15) is 6.04 Å². The Bertz CT molecular complexity index is 1060. The molecule has 9 heteroatoms. The highest BCUT2D eigenvalue weighted by Crippen LogP contribution is 2.26. The second-order valence-corrected chi connectivity index (χ2v) is 10.6. The summed E-state index contributed by atoms with van der Waals surface area (Å²) in [6.07, 6.45) is 1.53. The Kier molecular flexibility index (Phi) is 7.71. The fourth-order valence-electron chi connectivity index (χ4n) is 3.68. The van der Waals surface area contributed by atoms with Crippen LogP contribution in [0.5, 0.6) is 0 Å². The lowest BCUT2D eigenvalue weighted by atomic mass is 9.95. The zero-order valence-corrected chi connectivity index (χ0v) is 20.1. The number of aliphatic carboxylic acids is 1. The van der Waals surface area contributed by atoms with Crippen LogP contribution < -0.4 is 5.32 Å². The number of carbonyl (C=O) groups excluding carboxylic acids is 1. The molecular weight excluding hydrogens is 531 g/mol. The summed E-state index contributed by atoms with van der Waals surface area (Å²) in [4.78, 5) is 25.5. The minimum Gasteiger partial charge on any atom is -0.480 e. The Morgan fingerprint density at radius 3 is 2.42 bits per heavy atom. The van der Waals surface area contributed by atoms with Crippen LogP contribution >= 0.6 is 22.6 Å². The Balaban J connectivity index is 2.02. The molecule has 166 valence electrons. The molecule has 0 saturated heterocycles. The predicted octanol–water partition coefficient (Wildman–Crippen LogP) is 3.17. The number of carboxylic acids is 1. The normalized spacial score (nSPS) is 16.9. The minimum atomic E-state index is -4.36. The van der Waals surface area contributed by atoms with E-state index in [1.165, 1.54) is 12.1 Å². The Hall–Kier alpha value is -1.98. The molecule has 2 N–H and O–H groups in total. The van der Waals surface area contributed by atoms with E-state index in [2.05, 4.69) is 27.9 Å². The number of nitrogens with zero attached hydrogens (tertiary/aromatic N) is 1. The van der Waals surface area contributed by atoms with Gasteiger partial charge in [-0.3, -0.25) is 4.79 Å². The molecule has 1 heterocycles. The Labute approximate surface area is 196 Å². The first-order valence-corrected chi connectivity index (χ1v) is 12.6. The third kappa shape index (κ3) is 5.27. The van der Waals surface area contributed by atoms with Gasteiger partial charge in [-0.1, -0.05) is 44.0 Å². The topological polar surface area (TPSA) is 104 Å². The zero-order valence-electron chi connectivity index (χ0n) is 17.1. The average Bonchev–Trinajstić information content (AvgIpc) is 2.75. The van der Waals surface area contributed by atoms with E-state index < -0.39 is 34.0 Å². The summed E-state index contributed by atoms with van der Waals surface area (Å²) in [5, 5.41) is 12.9. The van der Waals surface area contributed by atoms with Crippen molar-refractivity contribution in [1.82, 2.24) is 9.62 Å². The smallest absolute Gasteiger partial charge is 0.327 e. The summed E-state index contributed by atoms with van der Waals surface area (Å²) < 4.78 is 28.4. The molecule has 2 aromatic rings. The van der Waals surface area contributed by atoms with E-state index in [9.17, 15) is 23.1 Å². The Morgan fingerprint density at radius 1 is 1.16 bits per heavy atom. The van der Waals surface area contributed by atoms with Crippen molar-refractivity contribution >= 4 is 44.5 Å². The Morgan fingerprint density at radius 2 is 1.81 bits per heavy atom. The number of fused-ring (bicyclic) bond motifs is 1. The van der Waals surface area contributed by atoms with Gasteiger partial charge in [-0.2, -0.15) is 0 Å². The largest absolute Gasteiger partial charge is 0.480 e. The number of sulfonamides is 1. The lowest BCUT2D eigenvalue weighted by Crippen LogP contribution is -2.56. The summed E-state index contributed by atoms with van der Waals surface area (Å²) in [7, 11) is -4.36. The van der Waals surface area contributed by atoms with Crippen LogP contribution in [0, 0.1) is 3.57 Å². The molecule has 2 atom stereocenters. The van der Waals surface area contributed by atoms with Crippen molar-refractivity contribution in [2.75, 3.05) is 0 Å². The molecule has 1 aliphatic heterocycles. The number of nitrogens with one attached hydrogen (secondary N) is 1. The van der Waals surface area contributed by atoms with Gasteiger partial charge in [-0.15, -0.1) is 0 Å². The summed E-state index contributed by atoms with van der Waals surface area (Å²) >= 11 is 2.05. The molecule has 1 aliphatic rings. The number of amides is 1. The second kappa shape index (κ2) is 10.1. The molecule has 0 aliphatic carbocycles. The summed E-state index contributed by atoms with van der Waals surface area (Å²) in [6.45, 7) is 2.30. The highest BCUT2D eigenvalue weighted by molar-refractivity contribution is 14.1. The SMILES string of the molecule is CCCC[C@@H](C(=O)O)N(C(=O)[C@@H]1Cc2ccccc2CN1)S(=O)(=O)c1ccc(I)cc1. The number of rotatable bonds is 8. The first kappa shape index (κ1) is 23.7. The highest BCUT2D eigenvalue weighted by Gasteiger charge is 2.42. The van der Waals surface area contributed by atoms with Crippen LogP contribution in [0.4, 0.5) is 0 Å². The molecule has 0 unspecified atom stereocenters. The molecule has 0 saturated carbocycles. The van der Waals surface area contributed by atoms with Crippen LogP contribution in [-0.4, -0.2) is 41.8 Å². The standard InChI is InChI=1S/C22H25IN2O5S/c1-2-3-8-20(22(27)28)25(31(29,30)18-11-9-17(23)10-12-18)21(26)19-13-15-6-4-5-7-16(15)14-24-19/h4-7,9-12,19-20,24H,2-3,8,13-14H2,1H3,(H,27,28)/t19-,20-/m0/s1. The van der Waals surface area contributed by atoms with Crippen LogP contribution in [0.3, 0.4) is 0 Å². The van der Waals surface area contributed by atoms with Gasteiger partial charge in [0.15, 0.2) is 0 Å². The molecule has 0 aromatic heterocycles. The van der Waals surface area contributed by atoms with Gasteiger partial charge in [0.05, 0.1) is 10.9 Å². The van der Waals surface area contributed by atoms with Crippen molar-refractivity contribution in [3.63, 3.8) is 0 Å². The fraction of sp³-hybridized carbons (Fsp3) is 0.364. The van der Waals surface area contributed by atoms with Gasteiger partial charge in [-0.05, 0) is 70.8 Å². The number of hydrogen-bond donors (Lipinski definition) is 2. The molecule has 0 bridgehead atoms. The number of hydrogen-bond acceptors (Lipinski definition) is 5.